The van der Waals surface area contributed by atoms with E-state index < -0.39 is 22.1 Å². The molecule has 8 nitrogen and oxygen atoms in total. The Kier molecular flexibility index (Phi) is 5.69. The fourth-order valence-electron chi connectivity index (χ4n) is 4.40. The van der Waals surface area contributed by atoms with E-state index in [4.69, 9.17) is 4.74 Å². The number of ether oxygens (including phenoxy) is 2. The highest BCUT2D eigenvalue weighted by Crippen LogP contribution is 2.38. The third-order valence-corrected chi connectivity index (χ3v) is 8.01. The number of benzene rings is 1. The molecule has 5 rings (SSSR count). The lowest BCUT2D eigenvalue weighted by Gasteiger charge is -2.36. The normalized spacial score (nSPS) is 24.5. The topological polar surface area (TPSA) is 84.9 Å². The number of fused-ring (bicyclic) bond motifs is 1. The molecule has 33 heavy (non-hydrogen) atoms. The third kappa shape index (κ3) is 5.07. The summed E-state index contributed by atoms with van der Waals surface area (Å²) >= 11 is 0. The van der Waals surface area contributed by atoms with E-state index >= 15 is 0 Å². The second-order valence-corrected chi connectivity index (χ2v) is 10.5. The van der Waals surface area contributed by atoms with Crippen LogP contribution in [0.15, 0.2) is 41.6 Å². The zero-order valence-corrected chi connectivity index (χ0v) is 18.4. The summed E-state index contributed by atoms with van der Waals surface area (Å²) in [5, 5.41) is 0. The Labute approximate surface area is 189 Å². The Morgan fingerprint density at radius 1 is 1.06 bits per heavy atom. The summed E-state index contributed by atoms with van der Waals surface area (Å²) in [4.78, 5) is 10.7. The minimum atomic E-state index is -4.89. The van der Waals surface area contributed by atoms with Crippen LogP contribution in [0.1, 0.15) is 30.9 Å². The molecule has 1 aromatic heterocycles. The Balaban J connectivity index is 1.22. The van der Waals surface area contributed by atoms with Gasteiger partial charge >= 0.3 is 6.36 Å². The molecule has 2 atom stereocenters. The minimum Gasteiger partial charge on any atom is -0.472 e. The van der Waals surface area contributed by atoms with Gasteiger partial charge in [0.15, 0.2) is 0 Å². The van der Waals surface area contributed by atoms with Crippen LogP contribution in [0.25, 0.3) is 0 Å². The van der Waals surface area contributed by atoms with E-state index in [9.17, 15) is 21.6 Å². The Morgan fingerprint density at radius 3 is 2.58 bits per heavy atom. The van der Waals surface area contributed by atoms with Crippen LogP contribution in [-0.2, 0) is 10.0 Å². The number of aromatic nitrogens is 2. The van der Waals surface area contributed by atoms with E-state index in [1.807, 2.05) is 0 Å². The molecule has 2 aromatic rings. The molecule has 0 N–H and O–H groups in total. The summed E-state index contributed by atoms with van der Waals surface area (Å²) in [6.07, 6.45) is 1.27. The maximum Gasteiger partial charge on any atom is 0.573 e. The second kappa shape index (κ2) is 8.41. The number of sulfonamides is 1. The molecule has 1 saturated carbocycles. The first-order valence-electron chi connectivity index (χ1n) is 10.8. The maximum absolute atomic E-state index is 13.1. The number of hydrogen-bond acceptors (Lipinski definition) is 7. The SMILES string of the molecule is O=S(=O)(c1cccc(OC(F)(F)F)c1)N1CCN2C[C@H](Oc3cnc(C4CC4)cn3)C[C@H]2C1. The molecule has 12 heteroatoms. The van der Waals surface area contributed by atoms with Crippen molar-refractivity contribution in [2.24, 2.45) is 0 Å². The predicted octanol–water partition coefficient (Wildman–Crippen LogP) is 2.78. The Bertz CT molecular complexity index is 1110. The molecule has 2 aliphatic heterocycles. The van der Waals surface area contributed by atoms with Gasteiger partial charge in [0.1, 0.15) is 11.9 Å². The average molecular weight is 485 g/mol. The molecular formula is C21H23F3N4O4S. The van der Waals surface area contributed by atoms with Gasteiger partial charge in [-0.15, -0.1) is 13.2 Å². The van der Waals surface area contributed by atoms with Crippen LogP contribution in [0.3, 0.4) is 0 Å². The largest absolute Gasteiger partial charge is 0.573 e. The molecule has 0 bridgehead atoms. The van der Waals surface area contributed by atoms with Crippen LogP contribution in [0, 0.1) is 0 Å². The number of piperazine rings is 1. The van der Waals surface area contributed by atoms with E-state index in [-0.39, 0.29) is 30.1 Å². The van der Waals surface area contributed by atoms with Crippen molar-refractivity contribution in [2.75, 3.05) is 26.2 Å². The molecule has 0 unspecified atom stereocenters. The molecule has 3 aliphatic rings. The van der Waals surface area contributed by atoms with Gasteiger partial charge in [0.2, 0.25) is 15.9 Å². The smallest absolute Gasteiger partial charge is 0.472 e. The van der Waals surface area contributed by atoms with Crippen molar-refractivity contribution in [1.82, 2.24) is 19.2 Å². The molecule has 0 spiro atoms. The van der Waals surface area contributed by atoms with Crippen LogP contribution < -0.4 is 9.47 Å². The van der Waals surface area contributed by atoms with Gasteiger partial charge in [0.05, 0.1) is 23.0 Å². The average Bonchev–Trinajstić information content (AvgIpc) is 3.53. The zero-order valence-electron chi connectivity index (χ0n) is 17.6. The summed E-state index contributed by atoms with van der Waals surface area (Å²) < 4.78 is 74.9. The molecule has 0 radical (unpaired) electrons. The fourth-order valence-corrected chi connectivity index (χ4v) is 5.90. The lowest BCUT2D eigenvalue weighted by molar-refractivity contribution is -0.274. The molecule has 1 aliphatic carbocycles. The van der Waals surface area contributed by atoms with E-state index in [1.165, 1.54) is 16.4 Å². The summed E-state index contributed by atoms with van der Waals surface area (Å²) in [6, 6.07) is 4.43. The van der Waals surface area contributed by atoms with Gasteiger partial charge in [-0.05, 0) is 25.0 Å². The van der Waals surface area contributed by atoms with E-state index in [1.54, 1.807) is 12.4 Å². The molecule has 3 heterocycles. The summed E-state index contributed by atoms with van der Waals surface area (Å²) in [5.41, 5.74) is 0.983. The lowest BCUT2D eigenvalue weighted by atomic mass is 10.2. The predicted molar refractivity (Wildman–Crippen MR) is 110 cm³/mol. The van der Waals surface area contributed by atoms with Crippen molar-refractivity contribution >= 4 is 10.0 Å². The van der Waals surface area contributed by atoms with Crippen molar-refractivity contribution < 1.29 is 31.1 Å². The van der Waals surface area contributed by atoms with Gasteiger partial charge in [-0.3, -0.25) is 9.88 Å². The van der Waals surface area contributed by atoms with Crippen LogP contribution in [-0.4, -0.2) is 72.3 Å². The van der Waals surface area contributed by atoms with Crippen molar-refractivity contribution in [2.45, 2.75) is 48.6 Å². The summed E-state index contributed by atoms with van der Waals surface area (Å²) in [6.45, 7) is 1.64. The standard InChI is InChI=1S/C21H23F3N4O4S/c22-21(23,24)32-16-2-1-3-18(9-16)33(29,30)28-7-6-27-13-17(8-15(27)12-28)31-20-11-25-19(10-26-20)14-4-5-14/h1-3,9-11,14-15,17H,4-8,12-13H2/t15-,17+/m0/s1. The second-order valence-electron chi connectivity index (χ2n) is 8.56. The van der Waals surface area contributed by atoms with E-state index in [2.05, 4.69) is 19.6 Å². The molecular weight excluding hydrogens is 461 g/mol. The van der Waals surface area contributed by atoms with Crippen molar-refractivity contribution in [3.05, 3.63) is 42.4 Å². The minimum absolute atomic E-state index is 0.0492. The molecule has 3 fully saturated rings. The highest BCUT2D eigenvalue weighted by Gasteiger charge is 2.41. The monoisotopic (exact) mass is 484 g/mol. The number of hydrogen-bond donors (Lipinski definition) is 0. The number of halogens is 3. The van der Waals surface area contributed by atoms with E-state index in [0.717, 1.165) is 30.7 Å². The lowest BCUT2D eigenvalue weighted by Crippen LogP contribution is -2.51. The number of alkyl halides is 3. The fraction of sp³-hybridized carbons (Fsp3) is 0.524. The van der Waals surface area contributed by atoms with Crippen LogP contribution in [0.5, 0.6) is 11.6 Å². The summed E-state index contributed by atoms with van der Waals surface area (Å²) in [7, 11) is -3.97. The molecule has 0 amide bonds. The maximum atomic E-state index is 13.1. The van der Waals surface area contributed by atoms with Gasteiger partial charge in [-0.1, -0.05) is 6.07 Å². The van der Waals surface area contributed by atoms with Crippen LogP contribution in [0.2, 0.25) is 0 Å². The van der Waals surface area contributed by atoms with Crippen LogP contribution >= 0.6 is 0 Å². The summed E-state index contributed by atoms with van der Waals surface area (Å²) in [5.74, 6) is 0.404. The molecule has 1 aromatic carbocycles. The first-order valence-corrected chi connectivity index (χ1v) is 12.2. The number of nitrogens with zero attached hydrogens (tertiary/aromatic N) is 4. The highest BCUT2D eigenvalue weighted by atomic mass is 32.2. The Hall–Kier alpha value is -2.44. The van der Waals surface area contributed by atoms with Crippen molar-refractivity contribution in [3.8, 4) is 11.6 Å². The van der Waals surface area contributed by atoms with Crippen molar-refractivity contribution in [1.29, 1.82) is 0 Å². The molecule has 2 saturated heterocycles. The third-order valence-electron chi connectivity index (χ3n) is 6.15. The Morgan fingerprint density at radius 2 is 1.88 bits per heavy atom. The van der Waals surface area contributed by atoms with Gasteiger partial charge in [-0.25, -0.2) is 13.4 Å². The highest BCUT2D eigenvalue weighted by molar-refractivity contribution is 7.89. The quantitative estimate of drug-likeness (QED) is 0.623. The van der Waals surface area contributed by atoms with Crippen molar-refractivity contribution in [3.63, 3.8) is 0 Å². The molecule has 178 valence electrons. The zero-order chi connectivity index (χ0) is 23.2. The first-order chi connectivity index (χ1) is 15.7. The van der Waals surface area contributed by atoms with Crippen LogP contribution in [0.4, 0.5) is 13.2 Å². The van der Waals surface area contributed by atoms with E-state index in [0.29, 0.717) is 31.3 Å². The van der Waals surface area contributed by atoms with Gasteiger partial charge in [0, 0.05) is 50.6 Å². The van der Waals surface area contributed by atoms with Gasteiger partial charge in [0.25, 0.3) is 0 Å². The van der Waals surface area contributed by atoms with Gasteiger partial charge in [-0.2, -0.15) is 4.31 Å². The first kappa shape index (κ1) is 22.4. The van der Waals surface area contributed by atoms with Gasteiger partial charge < -0.3 is 9.47 Å². The number of rotatable bonds is 6.